The number of rotatable bonds is 4. The van der Waals surface area contributed by atoms with Gasteiger partial charge in [0.1, 0.15) is 5.82 Å². The molecule has 0 spiro atoms. The third kappa shape index (κ3) is 3.76. The van der Waals surface area contributed by atoms with Gasteiger partial charge in [0.05, 0.1) is 17.8 Å². The lowest BCUT2D eigenvalue weighted by atomic mass is 9.90. The molecule has 1 aromatic heterocycles. The number of halogens is 1. The van der Waals surface area contributed by atoms with Crippen LogP contribution in [-0.2, 0) is 11.3 Å². The molecule has 1 N–H and O–H groups in total. The van der Waals surface area contributed by atoms with Crippen LogP contribution in [0, 0.1) is 0 Å². The van der Waals surface area contributed by atoms with Gasteiger partial charge in [-0.15, -0.1) is 0 Å². The largest absolute Gasteiger partial charge is 0.338 e. The van der Waals surface area contributed by atoms with Gasteiger partial charge in [-0.3, -0.25) is 9.59 Å². The minimum absolute atomic E-state index is 0.00618. The van der Waals surface area contributed by atoms with E-state index in [1.807, 2.05) is 12.1 Å². The molecule has 0 saturated carbocycles. The zero-order valence-corrected chi connectivity index (χ0v) is 15.3. The van der Waals surface area contributed by atoms with E-state index < -0.39 is 0 Å². The molecule has 2 heterocycles. The Balaban J connectivity index is 2.05. The van der Waals surface area contributed by atoms with Gasteiger partial charge in [0.15, 0.2) is 0 Å². The van der Waals surface area contributed by atoms with Crippen LogP contribution in [0.2, 0.25) is 5.02 Å². The Kier molecular flexibility index (Phi) is 5.23. The third-order valence-electron chi connectivity index (χ3n) is 4.69. The van der Waals surface area contributed by atoms with Gasteiger partial charge >= 0.3 is 0 Å². The van der Waals surface area contributed by atoms with Gasteiger partial charge in [-0.25, -0.2) is 4.98 Å². The molecule has 6 heteroatoms. The first-order chi connectivity index (χ1) is 12.0. The highest BCUT2D eigenvalue weighted by molar-refractivity contribution is 6.30. The molecule has 0 bridgehead atoms. The second-order valence-corrected chi connectivity index (χ2v) is 6.96. The second kappa shape index (κ2) is 7.40. The van der Waals surface area contributed by atoms with Gasteiger partial charge in [0.2, 0.25) is 5.91 Å². The average molecular weight is 360 g/mol. The topological polar surface area (TPSA) is 66.1 Å². The number of fused-ring (bicyclic) bond motifs is 1. The predicted molar refractivity (Wildman–Crippen MR) is 98.7 cm³/mol. The van der Waals surface area contributed by atoms with Crippen molar-refractivity contribution in [3.63, 3.8) is 0 Å². The van der Waals surface area contributed by atoms with Crippen molar-refractivity contribution in [3.8, 4) is 11.4 Å². The van der Waals surface area contributed by atoms with E-state index in [1.54, 1.807) is 24.0 Å². The number of aromatic amines is 1. The summed E-state index contributed by atoms with van der Waals surface area (Å²) in [7, 11) is 0. The molecule has 132 valence electrons. The van der Waals surface area contributed by atoms with E-state index in [9.17, 15) is 9.59 Å². The number of nitrogens with zero attached hydrogens (tertiary/aromatic N) is 2. The van der Waals surface area contributed by atoms with Crippen LogP contribution in [0.3, 0.4) is 0 Å². The number of hydrogen-bond donors (Lipinski definition) is 1. The Labute approximate surface area is 152 Å². The van der Waals surface area contributed by atoms with E-state index in [2.05, 4.69) is 11.9 Å². The molecule has 0 saturated heterocycles. The Morgan fingerprint density at radius 2 is 2.08 bits per heavy atom. The van der Waals surface area contributed by atoms with Gasteiger partial charge in [0.25, 0.3) is 5.56 Å². The number of carbonyl (C=O) groups excluding carboxylic acids is 1. The minimum Gasteiger partial charge on any atom is -0.338 e. The van der Waals surface area contributed by atoms with Gasteiger partial charge in [-0.2, -0.15) is 0 Å². The molecule has 25 heavy (non-hydrogen) atoms. The fraction of sp³-hybridized carbons (Fsp3) is 0.421. The van der Waals surface area contributed by atoms with Crippen molar-refractivity contribution in [2.24, 2.45) is 0 Å². The average Bonchev–Trinajstić information content (AvgIpc) is 2.60. The molecule has 1 aromatic carbocycles. The first-order valence-electron chi connectivity index (χ1n) is 8.64. The number of unbranched alkanes of at least 4 members (excludes halogenated alkanes) is 1. The summed E-state index contributed by atoms with van der Waals surface area (Å²) in [6, 6.07) is 7.25. The highest BCUT2D eigenvalue weighted by Crippen LogP contribution is 2.30. The maximum Gasteiger partial charge on any atom is 0.256 e. The summed E-state index contributed by atoms with van der Waals surface area (Å²) in [6.45, 7) is 4.64. The van der Waals surface area contributed by atoms with Crippen LogP contribution in [0.1, 0.15) is 50.3 Å². The van der Waals surface area contributed by atoms with Crippen LogP contribution in [0.25, 0.3) is 11.4 Å². The lowest BCUT2D eigenvalue weighted by molar-refractivity contribution is -0.130. The predicted octanol–water partition coefficient (Wildman–Crippen LogP) is 3.73. The van der Waals surface area contributed by atoms with E-state index in [0.29, 0.717) is 29.5 Å². The molecular weight excluding hydrogens is 338 g/mol. The SMILES string of the molecule is CCCC[C@H]1CN(C(C)=O)Cc2c1nc(-c1ccc(Cl)cc1)[nH]c2=O. The number of H-pyrrole nitrogens is 1. The molecule has 0 radical (unpaired) electrons. The molecule has 2 aromatic rings. The van der Waals surface area contributed by atoms with Gasteiger partial charge in [-0.1, -0.05) is 31.4 Å². The zero-order valence-electron chi connectivity index (χ0n) is 14.5. The summed E-state index contributed by atoms with van der Waals surface area (Å²) in [5.41, 5.74) is 2.11. The Morgan fingerprint density at radius 3 is 2.72 bits per heavy atom. The van der Waals surface area contributed by atoms with Crippen molar-refractivity contribution in [3.05, 3.63) is 50.9 Å². The first-order valence-corrected chi connectivity index (χ1v) is 9.02. The summed E-state index contributed by atoms with van der Waals surface area (Å²) in [5, 5.41) is 0.641. The van der Waals surface area contributed by atoms with Crippen molar-refractivity contribution >= 4 is 17.5 Å². The third-order valence-corrected chi connectivity index (χ3v) is 4.95. The fourth-order valence-electron chi connectivity index (χ4n) is 3.28. The van der Waals surface area contributed by atoms with Crippen molar-refractivity contribution in [1.82, 2.24) is 14.9 Å². The number of nitrogens with one attached hydrogen (secondary N) is 1. The van der Waals surface area contributed by atoms with Crippen molar-refractivity contribution in [1.29, 1.82) is 0 Å². The van der Waals surface area contributed by atoms with Crippen LogP contribution in [0.5, 0.6) is 0 Å². The second-order valence-electron chi connectivity index (χ2n) is 6.52. The first kappa shape index (κ1) is 17.7. The molecule has 3 rings (SSSR count). The summed E-state index contributed by atoms with van der Waals surface area (Å²) in [6.07, 6.45) is 3.03. The smallest absolute Gasteiger partial charge is 0.256 e. The molecule has 1 atom stereocenters. The molecule has 0 unspecified atom stereocenters. The molecule has 0 aliphatic carbocycles. The van der Waals surface area contributed by atoms with E-state index in [-0.39, 0.29) is 17.4 Å². The Bertz CT molecular complexity index is 830. The van der Waals surface area contributed by atoms with Gasteiger partial charge in [0, 0.05) is 30.0 Å². The fourth-order valence-corrected chi connectivity index (χ4v) is 3.40. The van der Waals surface area contributed by atoms with Gasteiger partial charge < -0.3 is 9.88 Å². The minimum atomic E-state index is -0.164. The molecule has 1 aliphatic heterocycles. The lowest BCUT2D eigenvalue weighted by Gasteiger charge is -2.33. The molecular formula is C19H22ClN3O2. The number of carbonyl (C=O) groups is 1. The summed E-state index contributed by atoms with van der Waals surface area (Å²) in [4.78, 5) is 33.9. The van der Waals surface area contributed by atoms with Crippen LogP contribution in [-0.4, -0.2) is 27.3 Å². The van der Waals surface area contributed by atoms with Crippen LogP contribution in [0.4, 0.5) is 0 Å². The van der Waals surface area contributed by atoms with Crippen molar-refractivity contribution in [2.75, 3.05) is 6.54 Å². The number of hydrogen-bond acceptors (Lipinski definition) is 3. The van der Waals surface area contributed by atoms with Gasteiger partial charge in [-0.05, 0) is 30.7 Å². The molecule has 0 fully saturated rings. The van der Waals surface area contributed by atoms with Crippen molar-refractivity contribution in [2.45, 2.75) is 45.6 Å². The maximum atomic E-state index is 12.7. The molecule has 1 aliphatic rings. The normalized spacial score (nSPS) is 16.6. The number of amides is 1. The number of benzene rings is 1. The van der Waals surface area contributed by atoms with Crippen LogP contribution >= 0.6 is 11.6 Å². The van der Waals surface area contributed by atoms with Crippen molar-refractivity contribution < 1.29 is 4.79 Å². The lowest BCUT2D eigenvalue weighted by Crippen LogP contribution is -2.40. The Morgan fingerprint density at radius 1 is 1.36 bits per heavy atom. The van der Waals surface area contributed by atoms with E-state index in [4.69, 9.17) is 16.6 Å². The van der Waals surface area contributed by atoms with Crippen LogP contribution in [0.15, 0.2) is 29.1 Å². The molecule has 1 amide bonds. The number of aromatic nitrogens is 2. The summed E-state index contributed by atoms with van der Waals surface area (Å²) < 4.78 is 0. The highest BCUT2D eigenvalue weighted by atomic mass is 35.5. The van der Waals surface area contributed by atoms with Crippen LogP contribution < -0.4 is 5.56 Å². The van der Waals surface area contributed by atoms with E-state index >= 15 is 0 Å². The summed E-state index contributed by atoms with van der Waals surface area (Å²) in [5.74, 6) is 0.646. The van der Waals surface area contributed by atoms with E-state index in [1.165, 1.54) is 0 Å². The molecule has 5 nitrogen and oxygen atoms in total. The zero-order chi connectivity index (χ0) is 18.0. The van der Waals surface area contributed by atoms with E-state index in [0.717, 1.165) is 30.5 Å². The maximum absolute atomic E-state index is 12.7. The quantitative estimate of drug-likeness (QED) is 0.904. The monoisotopic (exact) mass is 359 g/mol. The summed E-state index contributed by atoms with van der Waals surface area (Å²) >= 11 is 5.94. The standard InChI is InChI=1S/C19H22ClN3O2/c1-3-4-5-14-10-23(12(2)24)11-16-17(14)21-18(22-19(16)25)13-6-8-15(20)9-7-13/h6-9,14H,3-5,10-11H2,1-2H3,(H,21,22,25)/t14-/m0/s1. The Hall–Kier alpha value is -2.14. The highest BCUT2D eigenvalue weighted by Gasteiger charge is 2.30.